The van der Waals surface area contributed by atoms with Gasteiger partial charge in [-0.15, -0.1) is 0 Å². The van der Waals surface area contributed by atoms with E-state index in [1.165, 1.54) is 5.56 Å². The lowest BCUT2D eigenvalue weighted by molar-refractivity contribution is 0.0340. The lowest BCUT2D eigenvalue weighted by Gasteiger charge is -2.27. The zero-order valence-electron chi connectivity index (χ0n) is 15.1. The summed E-state index contributed by atoms with van der Waals surface area (Å²) in [4.78, 5) is 17.6. The zero-order valence-corrected chi connectivity index (χ0v) is 15.1. The maximum absolute atomic E-state index is 13.2. The van der Waals surface area contributed by atoms with Crippen molar-refractivity contribution in [3.63, 3.8) is 0 Å². The molecule has 0 saturated carbocycles. The van der Waals surface area contributed by atoms with Crippen LogP contribution in [0.15, 0.2) is 54.6 Å². The van der Waals surface area contributed by atoms with Crippen molar-refractivity contribution in [3.05, 3.63) is 71.3 Å². The number of morpholine rings is 1. The minimum Gasteiger partial charge on any atom is -0.379 e. The number of rotatable bonds is 4. The van der Waals surface area contributed by atoms with E-state index >= 15 is 0 Å². The standard InChI is InChI=1S/C22H26N2O2/c25-22(24-11-10-19(17-24)18-6-2-1-3-7-18)21-9-5-4-8-20(21)16-23-12-14-26-15-13-23/h1-9,19H,10-17H2. The molecule has 1 atom stereocenters. The van der Waals surface area contributed by atoms with Crippen molar-refractivity contribution in [2.24, 2.45) is 0 Å². The topological polar surface area (TPSA) is 32.8 Å². The van der Waals surface area contributed by atoms with E-state index in [9.17, 15) is 4.79 Å². The molecule has 2 heterocycles. The Labute approximate surface area is 155 Å². The molecule has 0 aliphatic carbocycles. The summed E-state index contributed by atoms with van der Waals surface area (Å²) in [6.07, 6.45) is 1.04. The van der Waals surface area contributed by atoms with E-state index in [1.807, 2.05) is 29.2 Å². The van der Waals surface area contributed by atoms with Crippen molar-refractivity contribution < 1.29 is 9.53 Å². The van der Waals surface area contributed by atoms with Gasteiger partial charge in [0.1, 0.15) is 0 Å². The number of ether oxygens (including phenoxy) is 1. The second-order valence-electron chi connectivity index (χ2n) is 7.19. The molecule has 1 unspecified atom stereocenters. The Morgan fingerprint density at radius 2 is 1.69 bits per heavy atom. The molecule has 0 aromatic heterocycles. The summed E-state index contributed by atoms with van der Waals surface area (Å²) in [6.45, 7) is 5.90. The van der Waals surface area contributed by atoms with E-state index in [2.05, 4.69) is 35.2 Å². The summed E-state index contributed by atoms with van der Waals surface area (Å²) in [5.74, 6) is 0.624. The van der Waals surface area contributed by atoms with Gasteiger partial charge >= 0.3 is 0 Å². The molecule has 2 saturated heterocycles. The summed E-state index contributed by atoms with van der Waals surface area (Å²) in [5.41, 5.74) is 3.32. The third kappa shape index (κ3) is 3.81. The van der Waals surface area contributed by atoms with Gasteiger partial charge in [-0.25, -0.2) is 0 Å². The van der Waals surface area contributed by atoms with E-state index in [4.69, 9.17) is 4.74 Å². The van der Waals surface area contributed by atoms with Gasteiger partial charge in [-0.2, -0.15) is 0 Å². The van der Waals surface area contributed by atoms with Crippen molar-refractivity contribution in [2.75, 3.05) is 39.4 Å². The van der Waals surface area contributed by atoms with Crippen LogP contribution >= 0.6 is 0 Å². The SMILES string of the molecule is O=C(c1ccccc1CN1CCOCC1)N1CCC(c2ccccc2)C1. The summed E-state index contributed by atoms with van der Waals surface area (Å²) < 4.78 is 5.43. The first-order chi connectivity index (χ1) is 12.8. The van der Waals surface area contributed by atoms with E-state index in [0.717, 1.165) is 63.5 Å². The highest BCUT2D eigenvalue weighted by atomic mass is 16.5. The number of carbonyl (C=O) groups is 1. The molecular weight excluding hydrogens is 324 g/mol. The van der Waals surface area contributed by atoms with Gasteiger partial charge in [-0.05, 0) is 23.6 Å². The molecule has 2 aromatic carbocycles. The van der Waals surface area contributed by atoms with Crippen LogP contribution in [0, 0.1) is 0 Å². The lowest BCUT2D eigenvalue weighted by Crippen LogP contribution is -2.36. The van der Waals surface area contributed by atoms with Gasteiger partial charge in [-0.1, -0.05) is 48.5 Å². The molecule has 1 amide bonds. The lowest BCUT2D eigenvalue weighted by atomic mass is 9.99. The quantitative estimate of drug-likeness (QED) is 0.849. The first-order valence-corrected chi connectivity index (χ1v) is 9.53. The highest BCUT2D eigenvalue weighted by Gasteiger charge is 2.29. The first-order valence-electron chi connectivity index (χ1n) is 9.53. The fraction of sp³-hybridized carbons (Fsp3) is 0.409. The summed E-state index contributed by atoms with van der Waals surface area (Å²) >= 11 is 0. The van der Waals surface area contributed by atoms with Gasteiger partial charge in [-0.3, -0.25) is 9.69 Å². The van der Waals surface area contributed by atoms with Crippen molar-refractivity contribution in [1.82, 2.24) is 9.80 Å². The average Bonchev–Trinajstić information content (AvgIpc) is 3.20. The number of likely N-dealkylation sites (tertiary alicyclic amines) is 1. The van der Waals surface area contributed by atoms with Crippen LogP contribution in [0.5, 0.6) is 0 Å². The van der Waals surface area contributed by atoms with Crippen LogP contribution in [0.25, 0.3) is 0 Å². The van der Waals surface area contributed by atoms with Crippen LogP contribution in [0.3, 0.4) is 0 Å². The van der Waals surface area contributed by atoms with Gasteiger partial charge < -0.3 is 9.64 Å². The minimum atomic E-state index is 0.173. The largest absolute Gasteiger partial charge is 0.379 e. The smallest absolute Gasteiger partial charge is 0.254 e. The van der Waals surface area contributed by atoms with Gasteiger partial charge in [0.25, 0.3) is 5.91 Å². The highest BCUT2D eigenvalue weighted by Crippen LogP contribution is 2.28. The highest BCUT2D eigenvalue weighted by molar-refractivity contribution is 5.96. The predicted octanol–water partition coefficient (Wildman–Crippen LogP) is 3.15. The molecule has 4 heteroatoms. The molecule has 2 aliphatic heterocycles. The van der Waals surface area contributed by atoms with Crippen LogP contribution in [-0.2, 0) is 11.3 Å². The van der Waals surface area contributed by atoms with Crippen LogP contribution in [0.4, 0.5) is 0 Å². The Kier molecular flexibility index (Phi) is 5.32. The van der Waals surface area contributed by atoms with Crippen molar-refractivity contribution >= 4 is 5.91 Å². The van der Waals surface area contributed by atoms with Crippen LogP contribution in [-0.4, -0.2) is 55.1 Å². The number of carbonyl (C=O) groups excluding carboxylic acids is 1. The number of hydrogen-bond donors (Lipinski definition) is 0. The van der Waals surface area contributed by atoms with Crippen molar-refractivity contribution in [2.45, 2.75) is 18.9 Å². The molecule has 2 fully saturated rings. The molecule has 4 rings (SSSR count). The summed E-state index contributed by atoms with van der Waals surface area (Å²) in [6, 6.07) is 18.6. The van der Waals surface area contributed by atoms with Gasteiger partial charge in [0.05, 0.1) is 13.2 Å². The van der Waals surface area contributed by atoms with E-state index in [-0.39, 0.29) is 5.91 Å². The van der Waals surface area contributed by atoms with Crippen LogP contribution in [0.1, 0.15) is 33.8 Å². The van der Waals surface area contributed by atoms with E-state index in [0.29, 0.717) is 5.92 Å². The molecule has 0 radical (unpaired) electrons. The molecule has 0 bridgehead atoms. The Balaban J connectivity index is 1.46. The second kappa shape index (κ2) is 8.02. The zero-order chi connectivity index (χ0) is 17.8. The number of hydrogen-bond acceptors (Lipinski definition) is 3. The number of nitrogens with zero attached hydrogens (tertiary/aromatic N) is 2. The fourth-order valence-corrected chi connectivity index (χ4v) is 3.98. The van der Waals surface area contributed by atoms with E-state index in [1.54, 1.807) is 0 Å². The second-order valence-corrected chi connectivity index (χ2v) is 7.19. The van der Waals surface area contributed by atoms with Crippen LogP contribution < -0.4 is 0 Å². The average molecular weight is 350 g/mol. The third-order valence-electron chi connectivity index (χ3n) is 5.49. The molecule has 2 aliphatic rings. The maximum atomic E-state index is 13.2. The summed E-state index contributed by atoms with van der Waals surface area (Å²) in [7, 11) is 0. The Hall–Kier alpha value is -2.17. The predicted molar refractivity (Wildman–Crippen MR) is 102 cm³/mol. The molecule has 0 N–H and O–H groups in total. The molecule has 136 valence electrons. The van der Waals surface area contributed by atoms with Gasteiger partial charge in [0.15, 0.2) is 0 Å². The van der Waals surface area contributed by atoms with Gasteiger partial charge in [0, 0.05) is 44.2 Å². The maximum Gasteiger partial charge on any atom is 0.254 e. The van der Waals surface area contributed by atoms with Gasteiger partial charge in [0.2, 0.25) is 0 Å². The molecule has 4 nitrogen and oxygen atoms in total. The molecule has 0 spiro atoms. The number of amides is 1. The minimum absolute atomic E-state index is 0.173. The number of benzene rings is 2. The molecule has 2 aromatic rings. The monoisotopic (exact) mass is 350 g/mol. The molecular formula is C22H26N2O2. The van der Waals surface area contributed by atoms with Crippen molar-refractivity contribution in [1.29, 1.82) is 0 Å². The Morgan fingerprint density at radius 3 is 2.50 bits per heavy atom. The Bertz CT molecular complexity index is 741. The fourth-order valence-electron chi connectivity index (χ4n) is 3.98. The third-order valence-corrected chi connectivity index (χ3v) is 5.49. The Morgan fingerprint density at radius 1 is 0.962 bits per heavy atom. The van der Waals surface area contributed by atoms with Crippen molar-refractivity contribution in [3.8, 4) is 0 Å². The van der Waals surface area contributed by atoms with E-state index < -0.39 is 0 Å². The molecule has 26 heavy (non-hydrogen) atoms. The normalized spacial score (nSPS) is 21.1. The van der Waals surface area contributed by atoms with Crippen LogP contribution in [0.2, 0.25) is 0 Å². The first kappa shape index (κ1) is 17.3. The summed E-state index contributed by atoms with van der Waals surface area (Å²) in [5, 5.41) is 0.